The second-order valence-electron chi connectivity index (χ2n) is 6.64. The third-order valence-electron chi connectivity index (χ3n) is 4.73. The number of likely N-dealkylation sites (N-methyl/N-ethyl adjacent to an activating group) is 1. The maximum absolute atomic E-state index is 2.35. The van der Waals surface area contributed by atoms with Crippen LogP contribution in [-0.4, -0.2) is 19.6 Å². The molecule has 3 rings (SSSR count). The zero-order valence-electron chi connectivity index (χ0n) is 14.1. The molecular weight excluding hydrogens is 268 g/mol. The first-order valence-electron chi connectivity index (χ1n) is 7.76. The number of rotatable bonds is 2. The first-order chi connectivity index (χ1) is 10.4. The molecule has 0 saturated carbocycles. The van der Waals surface area contributed by atoms with Gasteiger partial charge in [-0.05, 0) is 56.7 Å². The monoisotopic (exact) mass is 292 g/mol. The molecule has 0 spiro atoms. The molecule has 114 valence electrons. The summed E-state index contributed by atoms with van der Waals surface area (Å²) in [6.07, 6.45) is 2.35. The van der Waals surface area contributed by atoms with Gasteiger partial charge in [-0.2, -0.15) is 0 Å². The number of para-hydroxylation sites is 1. The van der Waals surface area contributed by atoms with Gasteiger partial charge in [0.25, 0.3) is 0 Å². The quantitative estimate of drug-likeness (QED) is 0.761. The smallest absolute Gasteiger partial charge is 0.0531 e. The molecule has 2 aromatic rings. The Balaban J connectivity index is 2.04. The highest BCUT2D eigenvalue weighted by Gasteiger charge is 2.28. The molecule has 0 aliphatic carbocycles. The van der Waals surface area contributed by atoms with Gasteiger partial charge in [-0.1, -0.05) is 24.3 Å². The summed E-state index contributed by atoms with van der Waals surface area (Å²) in [6, 6.07) is 17.2. The maximum Gasteiger partial charge on any atom is 0.0531 e. The van der Waals surface area contributed by atoms with Gasteiger partial charge in [-0.15, -0.1) is 0 Å². The van der Waals surface area contributed by atoms with Gasteiger partial charge in [0.2, 0.25) is 0 Å². The third kappa shape index (κ3) is 2.39. The number of benzene rings is 2. The second kappa shape index (κ2) is 5.20. The fourth-order valence-electron chi connectivity index (χ4n) is 3.16. The largest absolute Gasteiger partial charge is 0.366 e. The average Bonchev–Trinajstić information content (AvgIpc) is 2.52. The zero-order chi connectivity index (χ0) is 15.9. The van der Waals surface area contributed by atoms with Crippen molar-refractivity contribution in [3.05, 3.63) is 60.2 Å². The van der Waals surface area contributed by atoms with E-state index in [1.54, 1.807) is 0 Å². The minimum absolute atomic E-state index is 0.0595. The van der Waals surface area contributed by atoms with Gasteiger partial charge in [0.05, 0.1) is 5.54 Å². The van der Waals surface area contributed by atoms with E-state index in [-0.39, 0.29) is 5.54 Å². The SMILES string of the molecule is CC1=CC(C)(C)N(C)c2ccc(N(C)c3ccccc3)cc21. The molecule has 0 N–H and O–H groups in total. The van der Waals surface area contributed by atoms with E-state index in [4.69, 9.17) is 0 Å². The fraction of sp³-hybridized carbons (Fsp3) is 0.300. The number of hydrogen-bond acceptors (Lipinski definition) is 2. The number of fused-ring (bicyclic) bond motifs is 1. The minimum atomic E-state index is 0.0595. The molecule has 1 heterocycles. The lowest BCUT2D eigenvalue weighted by molar-refractivity contribution is 0.598. The summed E-state index contributed by atoms with van der Waals surface area (Å²) < 4.78 is 0. The van der Waals surface area contributed by atoms with E-state index in [1.807, 2.05) is 6.07 Å². The molecule has 0 radical (unpaired) electrons. The van der Waals surface area contributed by atoms with Crippen LogP contribution >= 0.6 is 0 Å². The van der Waals surface area contributed by atoms with Crippen LogP contribution in [0.3, 0.4) is 0 Å². The van der Waals surface area contributed by atoms with Crippen molar-refractivity contribution >= 4 is 22.6 Å². The van der Waals surface area contributed by atoms with E-state index in [2.05, 4.69) is 93.2 Å². The molecule has 22 heavy (non-hydrogen) atoms. The Morgan fingerprint density at radius 3 is 2.32 bits per heavy atom. The average molecular weight is 292 g/mol. The predicted octanol–water partition coefficient (Wildman–Crippen LogP) is 5.09. The lowest BCUT2D eigenvalue weighted by atomic mass is 9.89. The Bertz CT molecular complexity index is 714. The molecule has 2 heteroatoms. The fourth-order valence-corrected chi connectivity index (χ4v) is 3.16. The molecule has 0 fully saturated rings. The van der Waals surface area contributed by atoms with Crippen molar-refractivity contribution in [1.82, 2.24) is 0 Å². The van der Waals surface area contributed by atoms with Crippen LogP contribution in [0.15, 0.2) is 54.6 Å². The number of anilines is 3. The Kier molecular flexibility index (Phi) is 3.48. The molecule has 1 aliphatic heterocycles. The summed E-state index contributed by atoms with van der Waals surface area (Å²) in [5.41, 5.74) is 6.45. The van der Waals surface area contributed by atoms with Gasteiger partial charge >= 0.3 is 0 Å². The van der Waals surface area contributed by atoms with Crippen molar-refractivity contribution < 1.29 is 0 Å². The van der Waals surface area contributed by atoms with Gasteiger partial charge in [0.15, 0.2) is 0 Å². The number of allylic oxidation sites excluding steroid dienone is 1. The Hall–Kier alpha value is -2.22. The summed E-state index contributed by atoms with van der Waals surface area (Å²) in [5.74, 6) is 0. The maximum atomic E-state index is 2.35. The van der Waals surface area contributed by atoms with Crippen LogP contribution in [0.4, 0.5) is 17.1 Å². The van der Waals surface area contributed by atoms with Gasteiger partial charge < -0.3 is 9.80 Å². The summed E-state index contributed by atoms with van der Waals surface area (Å²) >= 11 is 0. The molecule has 2 nitrogen and oxygen atoms in total. The van der Waals surface area contributed by atoms with Gasteiger partial charge in [-0.25, -0.2) is 0 Å². The molecular formula is C20H24N2. The summed E-state index contributed by atoms with van der Waals surface area (Å²) in [6.45, 7) is 6.72. The minimum Gasteiger partial charge on any atom is -0.366 e. The number of hydrogen-bond donors (Lipinski definition) is 0. The molecule has 0 amide bonds. The van der Waals surface area contributed by atoms with E-state index in [0.29, 0.717) is 0 Å². The van der Waals surface area contributed by atoms with Crippen molar-refractivity contribution in [3.63, 3.8) is 0 Å². The van der Waals surface area contributed by atoms with Crippen LogP contribution in [0.1, 0.15) is 26.3 Å². The van der Waals surface area contributed by atoms with Crippen LogP contribution < -0.4 is 9.80 Å². The molecule has 1 aliphatic rings. The lowest BCUT2D eigenvalue weighted by Crippen LogP contribution is -2.42. The van der Waals surface area contributed by atoms with Crippen molar-refractivity contribution in [3.8, 4) is 0 Å². The highest BCUT2D eigenvalue weighted by Crippen LogP contribution is 2.40. The highest BCUT2D eigenvalue weighted by molar-refractivity contribution is 5.84. The molecule has 2 aromatic carbocycles. The Labute approximate surface area is 133 Å². The molecule has 0 aromatic heterocycles. The van der Waals surface area contributed by atoms with Crippen molar-refractivity contribution in [2.45, 2.75) is 26.3 Å². The van der Waals surface area contributed by atoms with Crippen LogP contribution in [0.2, 0.25) is 0 Å². The van der Waals surface area contributed by atoms with Crippen LogP contribution in [0.25, 0.3) is 5.57 Å². The van der Waals surface area contributed by atoms with Crippen LogP contribution in [0.5, 0.6) is 0 Å². The normalized spacial score (nSPS) is 16.0. The highest BCUT2D eigenvalue weighted by atomic mass is 15.2. The van der Waals surface area contributed by atoms with E-state index in [1.165, 1.54) is 28.2 Å². The van der Waals surface area contributed by atoms with Crippen LogP contribution in [-0.2, 0) is 0 Å². The topological polar surface area (TPSA) is 6.48 Å². The first kappa shape index (κ1) is 14.7. The van der Waals surface area contributed by atoms with Crippen molar-refractivity contribution in [1.29, 1.82) is 0 Å². The van der Waals surface area contributed by atoms with Gasteiger partial charge in [0.1, 0.15) is 0 Å². The second-order valence-corrected chi connectivity index (χ2v) is 6.64. The third-order valence-corrected chi connectivity index (χ3v) is 4.73. The summed E-state index contributed by atoms with van der Waals surface area (Å²) in [4.78, 5) is 4.58. The van der Waals surface area contributed by atoms with Gasteiger partial charge in [-0.3, -0.25) is 0 Å². The standard InChI is InChI=1S/C20H24N2/c1-15-14-20(2,3)22(5)19-12-11-17(13-18(15)19)21(4)16-9-7-6-8-10-16/h6-14H,1-5H3. The lowest BCUT2D eigenvalue weighted by Gasteiger charge is -2.41. The Morgan fingerprint density at radius 2 is 1.64 bits per heavy atom. The zero-order valence-corrected chi connectivity index (χ0v) is 14.1. The molecule has 0 atom stereocenters. The molecule has 0 saturated heterocycles. The van der Waals surface area contributed by atoms with Gasteiger partial charge in [0, 0.05) is 36.7 Å². The van der Waals surface area contributed by atoms with E-state index >= 15 is 0 Å². The number of nitrogens with zero attached hydrogens (tertiary/aromatic N) is 2. The van der Waals surface area contributed by atoms with Crippen LogP contribution in [0, 0.1) is 0 Å². The van der Waals surface area contributed by atoms with Crippen molar-refractivity contribution in [2.24, 2.45) is 0 Å². The van der Waals surface area contributed by atoms with E-state index < -0.39 is 0 Å². The summed E-state index contributed by atoms with van der Waals surface area (Å²) in [7, 11) is 4.29. The first-order valence-corrected chi connectivity index (χ1v) is 7.76. The molecule has 0 bridgehead atoms. The van der Waals surface area contributed by atoms with Crippen molar-refractivity contribution in [2.75, 3.05) is 23.9 Å². The molecule has 0 unspecified atom stereocenters. The summed E-state index contributed by atoms with van der Waals surface area (Å²) in [5, 5.41) is 0. The van der Waals surface area contributed by atoms with E-state index in [9.17, 15) is 0 Å². The van der Waals surface area contributed by atoms with E-state index in [0.717, 1.165) is 0 Å². The Morgan fingerprint density at radius 1 is 0.955 bits per heavy atom. The predicted molar refractivity (Wildman–Crippen MR) is 97.1 cm³/mol.